The van der Waals surface area contributed by atoms with E-state index in [1.165, 1.54) is 0 Å². The Morgan fingerprint density at radius 3 is 2.63 bits per heavy atom. The molecule has 4 nitrogen and oxygen atoms in total. The molecule has 0 radical (unpaired) electrons. The Morgan fingerprint density at radius 2 is 2.05 bits per heavy atom. The lowest BCUT2D eigenvalue weighted by atomic mass is 10.2. The first-order valence-corrected chi connectivity index (χ1v) is 7.22. The van der Waals surface area contributed by atoms with E-state index in [1.807, 2.05) is 24.3 Å². The highest BCUT2D eigenvalue weighted by Gasteiger charge is 2.33. The maximum atomic E-state index is 12.0. The van der Waals surface area contributed by atoms with Crippen molar-refractivity contribution >= 4 is 62.2 Å². The predicted molar refractivity (Wildman–Crippen MR) is 81.7 cm³/mol. The van der Waals surface area contributed by atoms with Crippen LogP contribution in [-0.2, 0) is 9.59 Å². The van der Waals surface area contributed by atoms with Crippen molar-refractivity contribution < 1.29 is 14.7 Å². The van der Waals surface area contributed by atoms with E-state index < -0.39 is 12.5 Å². The number of benzene rings is 1. The first-order chi connectivity index (χ1) is 8.97. The highest BCUT2D eigenvalue weighted by Crippen LogP contribution is 2.32. The Morgan fingerprint density at radius 1 is 1.42 bits per heavy atom. The summed E-state index contributed by atoms with van der Waals surface area (Å²) in [7, 11) is 0. The van der Waals surface area contributed by atoms with Crippen LogP contribution in [-0.4, -0.2) is 32.7 Å². The number of nitrogens with zero attached hydrogens (tertiary/aromatic N) is 1. The van der Waals surface area contributed by atoms with Gasteiger partial charge in [-0.05, 0) is 23.8 Å². The lowest BCUT2D eigenvalue weighted by molar-refractivity contribution is -0.140. The molecule has 1 aliphatic heterocycles. The lowest BCUT2D eigenvalue weighted by Crippen LogP contribution is -2.33. The summed E-state index contributed by atoms with van der Waals surface area (Å²) in [5.74, 6) is -1.44. The summed E-state index contributed by atoms with van der Waals surface area (Å²) in [6.45, 7) is -0.400. The van der Waals surface area contributed by atoms with E-state index in [2.05, 4.69) is 15.9 Å². The van der Waals surface area contributed by atoms with Crippen LogP contribution in [0.25, 0.3) is 6.08 Å². The van der Waals surface area contributed by atoms with Gasteiger partial charge in [-0.1, -0.05) is 52.0 Å². The zero-order valence-electron chi connectivity index (χ0n) is 9.50. The molecule has 2 rings (SSSR count). The number of hydrogen-bond donors (Lipinski definition) is 1. The fraction of sp³-hybridized carbons (Fsp3) is 0.0833. The first-order valence-electron chi connectivity index (χ1n) is 5.20. The molecule has 1 fully saturated rings. The van der Waals surface area contributed by atoms with Crippen molar-refractivity contribution in [1.29, 1.82) is 0 Å². The van der Waals surface area contributed by atoms with Crippen molar-refractivity contribution in [2.75, 3.05) is 6.54 Å². The molecule has 1 saturated heterocycles. The van der Waals surface area contributed by atoms with Gasteiger partial charge in [-0.15, -0.1) is 0 Å². The third kappa shape index (κ3) is 3.43. The third-order valence-corrected chi connectivity index (χ3v) is 4.24. The minimum Gasteiger partial charge on any atom is -0.480 e. The van der Waals surface area contributed by atoms with E-state index in [1.54, 1.807) is 6.08 Å². The van der Waals surface area contributed by atoms with Crippen molar-refractivity contribution in [2.24, 2.45) is 0 Å². The number of carbonyl (C=O) groups excluding carboxylic acids is 1. The molecule has 98 valence electrons. The van der Waals surface area contributed by atoms with Gasteiger partial charge in [-0.3, -0.25) is 14.5 Å². The first kappa shape index (κ1) is 14.2. The van der Waals surface area contributed by atoms with Gasteiger partial charge in [-0.25, -0.2) is 0 Å². The Kier molecular flexibility index (Phi) is 4.38. The number of aliphatic carboxylic acids is 1. The van der Waals surface area contributed by atoms with Crippen LogP contribution in [0.2, 0.25) is 0 Å². The number of thiocarbonyl (C=S) groups is 1. The molecule has 0 spiro atoms. The molecule has 1 amide bonds. The number of rotatable bonds is 3. The molecule has 1 heterocycles. The van der Waals surface area contributed by atoms with Crippen molar-refractivity contribution in [2.45, 2.75) is 0 Å². The molecule has 1 N–H and O–H groups in total. The standard InChI is InChI=1S/C12H8BrNO3S2/c13-8-3-1-7(2-4-8)5-9-11(17)14(6-10(15)16)12(18)19-9/h1-5H,6H2,(H,15,16)/b9-5-. The molecule has 0 atom stereocenters. The predicted octanol–water partition coefficient (Wildman–Crippen LogP) is 2.73. The summed E-state index contributed by atoms with van der Waals surface area (Å²) in [5, 5.41) is 8.73. The molecule has 0 bridgehead atoms. The molecule has 7 heteroatoms. The van der Waals surface area contributed by atoms with Crippen LogP contribution in [0.3, 0.4) is 0 Å². The van der Waals surface area contributed by atoms with Crippen molar-refractivity contribution in [3.8, 4) is 0 Å². The normalized spacial score (nSPS) is 17.3. The highest BCUT2D eigenvalue weighted by atomic mass is 79.9. The molecule has 0 aliphatic carbocycles. The Bertz CT molecular complexity index is 583. The summed E-state index contributed by atoms with van der Waals surface area (Å²) in [6.07, 6.45) is 1.70. The molecule has 19 heavy (non-hydrogen) atoms. The van der Waals surface area contributed by atoms with Crippen LogP contribution in [0.5, 0.6) is 0 Å². The fourth-order valence-corrected chi connectivity index (χ4v) is 3.00. The summed E-state index contributed by atoms with van der Waals surface area (Å²) in [5.41, 5.74) is 0.860. The minimum absolute atomic E-state index is 0.274. The van der Waals surface area contributed by atoms with Gasteiger partial charge in [0.15, 0.2) is 0 Å². The van der Waals surface area contributed by atoms with E-state index in [0.29, 0.717) is 4.91 Å². The number of carboxylic acid groups (broad SMARTS) is 1. The lowest BCUT2D eigenvalue weighted by Gasteiger charge is -2.10. The second-order valence-corrected chi connectivity index (χ2v) is 6.30. The van der Waals surface area contributed by atoms with Gasteiger partial charge in [0.1, 0.15) is 10.9 Å². The largest absolute Gasteiger partial charge is 0.480 e. The monoisotopic (exact) mass is 357 g/mol. The van der Waals surface area contributed by atoms with Crippen LogP contribution >= 0.6 is 39.9 Å². The van der Waals surface area contributed by atoms with E-state index in [-0.39, 0.29) is 10.2 Å². The summed E-state index contributed by atoms with van der Waals surface area (Å²) in [4.78, 5) is 24.2. The Balaban J connectivity index is 2.23. The number of carbonyl (C=O) groups is 2. The zero-order valence-corrected chi connectivity index (χ0v) is 12.7. The number of thioether (sulfide) groups is 1. The van der Waals surface area contributed by atoms with E-state index in [4.69, 9.17) is 17.3 Å². The molecular weight excluding hydrogens is 350 g/mol. The van der Waals surface area contributed by atoms with Crippen LogP contribution in [0.1, 0.15) is 5.56 Å². The smallest absolute Gasteiger partial charge is 0.323 e. The fourth-order valence-electron chi connectivity index (χ4n) is 1.48. The van der Waals surface area contributed by atoms with Gasteiger partial charge < -0.3 is 5.11 Å². The summed E-state index contributed by atoms with van der Waals surface area (Å²) in [6, 6.07) is 7.44. The quantitative estimate of drug-likeness (QED) is 0.665. The number of amides is 1. The number of halogens is 1. The van der Waals surface area contributed by atoms with E-state index >= 15 is 0 Å². The molecule has 1 aromatic carbocycles. The summed E-state index contributed by atoms with van der Waals surface area (Å²) < 4.78 is 1.22. The van der Waals surface area contributed by atoms with E-state index in [0.717, 1.165) is 26.7 Å². The van der Waals surface area contributed by atoms with Gasteiger partial charge in [0, 0.05) is 4.47 Å². The third-order valence-electron chi connectivity index (χ3n) is 2.33. The maximum absolute atomic E-state index is 12.0. The zero-order chi connectivity index (χ0) is 14.0. The molecule has 0 unspecified atom stereocenters. The van der Waals surface area contributed by atoms with Crippen LogP contribution in [0.15, 0.2) is 33.6 Å². The maximum Gasteiger partial charge on any atom is 0.323 e. The second kappa shape index (κ2) is 5.85. The van der Waals surface area contributed by atoms with Crippen molar-refractivity contribution in [1.82, 2.24) is 4.90 Å². The average Bonchev–Trinajstić information content (AvgIpc) is 2.60. The SMILES string of the molecule is O=C(O)CN1C(=O)/C(=C/c2ccc(Br)cc2)SC1=S. The second-order valence-electron chi connectivity index (χ2n) is 3.71. The molecule has 1 aromatic rings. The van der Waals surface area contributed by atoms with Crippen molar-refractivity contribution in [3.63, 3.8) is 0 Å². The molecule has 0 aromatic heterocycles. The average molecular weight is 358 g/mol. The van der Waals surface area contributed by atoms with Crippen molar-refractivity contribution in [3.05, 3.63) is 39.2 Å². The number of hydrogen-bond acceptors (Lipinski definition) is 4. The highest BCUT2D eigenvalue weighted by molar-refractivity contribution is 9.10. The molecular formula is C12H8BrNO3S2. The van der Waals surface area contributed by atoms with Gasteiger partial charge >= 0.3 is 5.97 Å². The molecule has 0 saturated carbocycles. The number of carboxylic acids is 1. The minimum atomic E-state index is -1.08. The molecule has 1 aliphatic rings. The van der Waals surface area contributed by atoms with Crippen LogP contribution in [0, 0.1) is 0 Å². The Labute approximate surface area is 127 Å². The van der Waals surface area contributed by atoms with Gasteiger partial charge in [0.05, 0.1) is 4.91 Å². The van der Waals surface area contributed by atoms with E-state index in [9.17, 15) is 9.59 Å². The van der Waals surface area contributed by atoms with Crippen LogP contribution in [0.4, 0.5) is 0 Å². The van der Waals surface area contributed by atoms with Gasteiger partial charge in [0.2, 0.25) is 0 Å². The topological polar surface area (TPSA) is 57.6 Å². The van der Waals surface area contributed by atoms with Gasteiger partial charge in [-0.2, -0.15) is 0 Å². The van der Waals surface area contributed by atoms with Crippen LogP contribution < -0.4 is 0 Å². The Hall–Kier alpha value is -1.18. The van der Waals surface area contributed by atoms with Gasteiger partial charge in [0.25, 0.3) is 5.91 Å². The summed E-state index contributed by atoms with van der Waals surface area (Å²) >= 11 is 9.45.